The maximum Gasteiger partial charge on any atom is 0.269 e. The average Bonchev–Trinajstić information content (AvgIpc) is 2.99. The summed E-state index contributed by atoms with van der Waals surface area (Å²) >= 11 is 0. The van der Waals surface area contributed by atoms with Gasteiger partial charge in [0.2, 0.25) is 0 Å². The highest BCUT2D eigenvalue weighted by atomic mass is 16.5. The minimum absolute atomic E-state index is 0.0267. The number of rotatable bonds is 3. The topological polar surface area (TPSA) is 69.0 Å². The van der Waals surface area contributed by atoms with E-state index >= 15 is 0 Å². The predicted molar refractivity (Wildman–Crippen MR) is 85.0 cm³/mol. The second kappa shape index (κ2) is 5.81. The van der Waals surface area contributed by atoms with Crippen molar-refractivity contribution in [2.75, 3.05) is 13.2 Å². The molecule has 4 rings (SSSR count). The molecule has 1 aliphatic heterocycles. The van der Waals surface area contributed by atoms with Gasteiger partial charge in [0.05, 0.1) is 23.7 Å². The number of nitrogens with one attached hydrogen (secondary N) is 1. The van der Waals surface area contributed by atoms with Crippen LogP contribution >= 0.6 is 0 Å². The minimum Gasteiger partial charge on any atom is -0.371 e. The van der Waals surface area contributed by atoms with E-state index in [1.54, 1.807) is 24.4 Å². The Morgan fingerprint density at radius 3 is 3.00 bits per heavy atom. The molecule has 0 bridgehead atoms. The van der Waals surface area contributed by atoms with Gasteiger partial charge in [0.1, 0.15) is 18.1 Å². The first kappa shape index (κ1) is 13.9. The first-order valence-electron chi connectivity index (χ1n) is 7.56. The number of pyridine rings is 1. The van der Waals surface area contributed by atoms with Crippen LogP contribution in [-0.2, 0) is 11.3 Å². The molecule has 1 aromatic carbocycles. The molecule has 1 amide bonds. The molecule has 0 fully saturated rings. The summed E-state index contributed by atoms with van der Waals surface area (Å²) < 4.78 is 7.79. The lowest BCUT2D eigenvalue weighted by Crippen LogP contribution is -2.36. The molecule has 2 aromatic heterocycles. The number of para-hydroxylation sites is 2. The molecule has 1 atom stereocenters. The highest BCUT2D eigenvalue weighted by Crippen LogP contribution is 2.25. The summed E-state index contributed by atoms with van der Waals surface area (Å²) in [5.41, 5.74) is 2.44. The number of carbonyl (C=O) groups is 1. The van der Waals surface area contributed by atoms with E-state index < -0.39 is 0 Å². The first-order valence-corrected chi connectivity index (χ1v) is 7.56. The van der Waals surface area contributed by atoms with Crippen LogP contribution in [0.2, 0.25) is 0 Å². The first-order chi connectivity index (χ1) is 11.3. The van der Waals surface area contributed by atoms with Crippen molar-refractivity contribution in [3.05, 3.63) is 60.2 Å². The van der Waals surface area contributed by atoms with Crippen molar-refractivity contribution in [1.82, 2.24) is 19.9 Å². The molecule has 1 N–H and O–H groups in total. The van der Waals surface area contributed by atoms with E-state index in [9.17, 15) is 4.79 Å². The molecule has 6 heteroatoms. The van der Waals surface area contributed by atoms with Crippen molar-refractivity contribution in [1.29, 1.82) is 0 Å². The zero-order chi connectivity index (χ0) is 15.6. The summed E-state index contributed by atoms with van der Waals surface area (Å²) in [5, 5.41) is 2.93. The summed E-state index contributed by atoms with van der Waals surface area (Å²) in [6.07, 6.45) is 1.61. The molecule has 0 aliphatic carbocycles. The van der Waals surface area contributed by atoms with Gasteiger partial charge in [0, 0.05) is 12.7 Å². The molecular formula is C17H16N4O2. The van der Waals surface area contributed by atoms with Crippen LogP contribution in [0.15, 0.2) is 48.7 Å². The molecule has 23 heavy (non-hydrogen) atoms. The quantitative estimate of drug-likeness (QED) is 0.803. The Kier molecular flexibility index (Phi) is 3.51. The Morgan fingerprint density at radius 2 is 2.13 bits per heavy atom. The third-order valence-electron chi connectivity index (χ3n) is 3.97. The number of imidazole rings is 1. The average molecular weight is 308 g/mol. The molecule has 3 heterocycles. The van der Waals surface area contributed by atoms with Gasteiger partial charge in [-0.1, -0.05) is 18.2 Å². The van der Waals surface area contributed by atoms with Crippen molar-refractivity contribution < 1.29 is 9.53 Å². The molecule has 0 radical (unpaired) electrons. The Labute approximate surface area is 133 Å². The Bertz CT molecular complexity index is 844. The minimum atomic E-state index is -0.179. The fourth-order valence-electron chi connectivity index (χ4n) is 2.91. The number of ether oxygens (including phenoxy) is 1. The second-order valence-electron chi connectivity index (χ2n) is 5.48. The monoisotopic (exact) mass is 308 g/mol. The summed E-state index contributed by atoms with van der Waals surface area (Å²) in [4.78, 5) is 20.8. The molecule has 0 saturated heterocycles. The van der Waals surface area contributed by atoms with E-state index in [1.165, 1.54) is 0 Å². The Hall–Kier alpha value is -2.73. The normalized spacial score (nSPS) is 17.0. The van der Waals surface area contributed by atoms with Gasteiger partial charge < -0.3 is 14.6 Å². The van der Waals surface area contributed by atoms with Gasteiger partial charge in [-0.05, 0) is 24.3 Å². The molecule has 3 aromatic rings. The number of aromatic nitrogens is 3. The third-order valence-corrected chi connectivity index (χ3v) is 3.97. The molecule has 1 aliphatic rings. The van der Waals surface area contributed by atoms with Gasteiger partial charge in [-0.2, -0.15) is 0 Å². The molecule has 1 unspecified atom stereocenters. The number of amides is 1. The Morgan fingerprint density at radius 1 is 1.26 bits per heavy atom. The van der Waals surface area contributed by atoms with E-state index in [2.05, 4.69) is 19.9 Å². The third kappa shape index (κ3) is 2.57. The van der Waals surface area contributed by atoms with E-state index in [-0.39, 0.29) is 11.9 Å². The van der Waals surface area contributed by atoms with Crippen LogP contribution < -0.4 is 5.32 Å². The summed E-state index contributed by atoms with van der Waals surface area (Å²) in [6, 6.07) is 13.3. The smallest absolute Gasteiger partial charge is 0.269 e. The zero-order valence-corrected chi connectivity index (χ0v) is 12.5. The molecule has 116 valence electrons. The fourth-order valence-corrected chi connectivity index (χ4v) is 2.91. The Balaban J connectivity index is 1.56. The zero-order valence-electron chi connectivity index (χ0n) is 12.5. The van der Waals surface area contributed by atoms with E-state index in [1.807, 2.05) is 24.3 Å². The van der Waals surface area contributed by atoms with Gasteiger partial charge in [0.25, 0.3) is 5.91 Å². The second-order valence-corrected chi connectivity index (χ2v) is 5.48. The summed E-state index contributed by atoms with van der Waals surface area (Å²) in [6.45, 7) is 1.53. The SMILES string of the molecule is O=C(NCC1COCc2nc3ccccc3n21)c1ccccn1. The maximum absolute atomic E-state index is 12.2. The van der Waals surface area contributed by atoms with Gasteiger partial charge in [-0.15, -0.1) is 0 Å². The van der Waals surface area contributed by atoms with E-state index in [0.717, 1.165) is 16.9 Å². The lowest BCUT2D eigenvalue weighted by atomic mass is 10.2. The van der Waals surface area contributed by atoms with Crippen molar-refractivity contribution >= 4 is 16.9 Å². The van der Waals surface area contributed by atoms with Crippen LogP contribution in [0.5, 0.6) is 0 Å². The number of hydrogen-bond acceptors (Lipinski definition) is 4. The van der Waals surface area contributed by atoms with Crippen LogP contribution in [0.25, 0.3) is 11.0 Å². The van der Waals surface area contributed by atoms with Crippen LogP contribution in [-0.4, -0.2) is 33.6 Å². The number of benzene rings is 1. The highest BCUT2D eigenvalue weighted by molar-refractivity contribution is 5.92. The highest BCUT2D eigenvalue weighted by Gasteiger charge is 2.24. The van der Waals surface area contributed by atoms with Crippen LogP contribution in [0.1, 0.15) is 22.4 Å². The standard InChI is InChI=1S/C17H16N4O2/c22-17(14-6-3-4-8-18-14)19-9-12-10-23-11-16-20-13-5-1-2-7-15(13)21(12)16/h1-8,12H,9-11H2,(H,19,22). The lowest BCUT2D eigenvalue weighted by molar-refractivity contribution is 0.0552. The number of nitrogens with zero attached hydrogens (tertiary/aromatic N) is 3. The van der Waals surface area contributed by atoms with Gasteiger partial charge >= 0.3 is 0 Å². The summed E-state index contributed by atoms with van der Waals surface area (Å²) in [7, 11) is 0. The fraction of sp³-hybridized carbons (Fsp3) is 0.235. The molecule has 6 nitrogen and oxygen atoms in total. The number of carbonyl (C=O) groups excluding carboxylic acids is 1. The van der Waals surface area contributed by atoms with Crippen molar-refractivity contribution in [2.45, 2.75) is 12.6 Å². The summed E-state index contributed by atoms with van der Waals surface area (Å²) in [5.74, 6) is 0.719. The van der Waals surface area contributed by atoms with Gasteiger partial charge in [-0.3, -0.25) is 9.78 Å². The molecule has 0 saturated carbocycles. The van der Waals surface area contributed by atoms with Gasteiger partial charge in [-0.25, -0.2) is 4.98 Å². The number of fused-ring (bicyclic) bond motifs is 3. The number of hydrogen-bond donors (Lipinski definition) is 1. The predicted octanol–water partition coefficient (Wildman–Crippen LogP) is 1.93. The van der Waals surface area contributed by atoms with E-state index in [4.69, 9.17) is 4.74 Å². The van der Waals surface area contributed by atoms with Crippen molar-refractivity contribution in [3.8, 4) is 0 Å². The van der Waals surface area contributed by atoms with Crippen molar-refractivity contribution in [2.24, 2.45) is 0 Å². The van der Waals surface area contributed by atoms with Gasteiger partial charge in [0.15, 0.2) is 0 Å². The van der Waals surface area contributed by atoms with Crippen molar-refractivity contribution in [3.63, 3.8) is 0 Å². The maximum atomic E-state index is 12.2. The van der Waals surface area contributed by atoms with Crippen LogP contribution in [0, 0.1) is 0 Å². The largest absolute Gasteiger partial charge is 0.371 e. The van der Waals surface area contributed by atoms with Crippen LogP contribution in [0.3, 0.4) is 0 Å². The molecular weight excluding hydrogens is 292 g/mol. The lowest BCUT2D eigenvalue weighted by Gasteiger charge is -2.26. The van der Waals surface area contributed by atoms with Crippen LogP contribution in [0.4, 0.5) is 0 Å². The van der Waals surface area contributed by atoms with E-state index in [0.29, 0.717) is 25.5 Å². The molecule has 0 spiro atoms.